The molecule has 0 bridgehead atoms. The summed E-state index contributed by atoms with van der Waals surface area (Å²) in [5.74, 6) is 0. The first-order valence-corrected chi connectivity index (χ1v) is 3.28. The van der Waals surface area contributed by atoms with E-state index in [2.05, 4.69) is 4.37 Å². The van der Waals surface area contributed by atoms with Crippen LogP contribution in [0.5, 0.6) is 0 Å². The van der Waals surface area contributed by atoms with Gasteiger partial charge in [-0.3, -0.25) is 0 Å². The number of hydrogen-bond acceptors (Lipinski definition) is 3. The summed E-state index contributed by atoms with van der Waals surface area (Å²) < 4.78 is 4.05. The smallest absolute Gasteiger partial charge is 0.0556 e. The fourth-order valence-electron chi connectivity index (χ4n) is 0.509. The summed E-state index contributed by atoms with van der Waals surface area (Å²) in [5.41, 5.74) is 7.59. The Bertz CT molecular complexity index is 178. The van der Waals surface area contributed by atoms with Crippen molar-refractivity contribution in [3.05, 3.63) is 16.6 Å². The van der Waals surface area contributed by atoms with Gasteiger partial charge in [-0.2, -0.15) is 4.37 Å². The lowest BCUT2D eigenvalue weighted by molar-refractivity contribution is 1.05. The van der Waals surface area contributed by atoms with E-state index in [1.54, 1.807) is 0 Å². The molecule has 0 fully saturated rings. The largest absolute Gasteiger partial charge is 0.326 e. The highest BCUT2D eigenvalue weighted by atomic mass is 35.5. The second kappa shape index (κ2) is 5.92. The average molecular weight is 201 g/mol. The molecule has 60 valence electrons. The topological polar surface area (TPSA) is 38.9 Å². The van der Waals surface area contributed by atoms with Crippen LogP contribution < -0.4 is 5.73 Å². The van der Waals surface area contributed by atoms with Crippen molar-refractivity contribution in [2.24, 2.45) is 5.73 Å². The quantitative estimate of drug-likeness (QED) is 0.751. The summed E-state index contributed by atoms with van der Waals surface area (Å²) in [6, 6.07) is 0. The highest BCUT2D eigenvalue weighted by molar-refractivity contribution is 7.03. The van der Waals surface area contributed by atoms with Gasteiger partial charge in [0.25, 0.3) is 0 Å². The molecule has 0 atom stereocenters. The first-order valence-electron chi connectivity index (χ1n) is 2.44. The minimum atomic E-state index is 0. The van der Waals surface area contributed by atoms with Gasteiger partial charge < -0.3 is 5.73 Å². The number of nitrogens with two attached hydrogens (primary N) is 1. The van der Waals surface area contributed by atoms with Crippen LogP contribution in [0.15, 0.2) is 5.38 Å². The van der Waals surface area contributed by atoms with Gasteiger partial charge in [-0.05, 0) is 24.0 Å². The molecule has 0 aliphatic rings. The van der Waals surface area contributed by atoms with Gasteiger partial charge in [0.15, 0.2) is 0 Å². The van der Waals surface area contributed by atoms with E-state index in [1.807, 2.05) is 12.3 Å². The maximum atomic E-state index is 5.36. The minimum absolute atomic E-state index is 0. The van der Waals surface area contributed by atoms with E-state index < -0.39 is 0 Å². The van der Waals surface area contributed by atoms with Crippen molar-refractivity contribution in [2.75, 3.05) is 0 Å². The molecule has 0 saturated heterocycles. The van der Waals surface area contributed by atoms with Crippen LogP contribution in [-0.4, -0.2) is 4.37 Å². The number of aryl methyl sites for hydroxylation is 1. The standard InChI is InChI=1S/C5H8N2S.2ClH/c1-4-5(2-6)3-8-7-4;;/h3H,2,6H2,1H3;2*1H. The van der Waals surface area contributed by atoms with Crippen molar-refractivity contribution < 1.29 is 0 Å². The summed E-state index contributed by atoms with van der Waals surface area (Å²) in [6.45, 7) is 2.58. The number of halogens is 2. The number of rotatable bonds is 1. The molecule has 2 nitrogen and oxygen atoms in total. The predicted molar refractivity (Wildman–Crippen MR) is 49.2 cm³/mol. The van der Waals surface area contributed by atoms with Crippen LogP contribution in [0.1, 0.15) is 11.3 Å². The molecule has 1 heterocycles. The molecule has 0 saturated carbocycles. The van der Waals surface area contributed by atoms with Crippen molar-refractivity contribution in [1.29, 1.82) is 0 Å². The number of nitrogens with zero attached hydrogens (tertiary/aromatic N) is 1. The molecule has 1 aromatic heterocycles. The first kappa shape index (κ1) is 12.8. The molecule has 0 aromatic carbocycles. The SMILES string of the molecule is Cc1nscc1CN.Cl.Cl. The lowest BCUT2D eigenvalue weighted by atomic mass is 10.3. The Labute approximate surface area is 76.8 Å². The van der Waals surface area contributed by atoms with Crippen molar-refractivity contribution in [3.8, 4) is 0 Å². The van der Waals surface area contributed by atoms with Gasteiger partial charge in [-0.1, -0.05) is 0 Å². The highest BCUT2D eigenvalue weighted by Crippen LogP contribution is 2.06. The van der Waals surface area contributed by atoms with Crippen LogP contribution in [0, 0.1) is 6.92 Å². The second-order valence-electron chi connectivity index (χ2n) is 1.63. The molecule has 0 spiro atoms. The Balaban J connectivity index is 0. The average Bonchev–Trinajstić information content (AvgIpc) is 2.14. The fourth-order valence-corrected chi connectivity index (χ4v) is 1.23. The first-order chi connectivity index (χ1) is 3.84. The van der Waals surface area contributed by atoms with E-state index >= 15 is 0 Å². The van der Waals surface area contributed by atoms with Crippen LogP contribution in [0.3, 0.4) is 0 Å². The Morgan fingerprint density at radius 3 is 2.40 bits per heavy atom. The summed E-state index contributed by atoms with van der Waals surface area (Å²) >= 11 is 1.46. The van der Waals surface area contributed by atoms with Crippen LogP contribution >= 0.6 is 36.3 Å². The van der Waals surface area contributed by atoms with Crippen molar-refractivity contribution in [1.82, 2.24) is 4.37 Å². The Morgan fingerprint density at radius 1 is 1.60 bits per heavy atom. The molecule has 0 radical (unpaired) electrons. The van der Waals surface area contributed by atoms with Gasteiger partial charge in [0, 0.05) is 11.9 Å². The maximum absolute atomic E-state index is 5.36. The van der Waals surface area contributed by atoms with Crippen LogP contribution in [0.2, 0.25) is 0 Å². The number of aromatic nitrogens is 1. The summed E-state index contributed by atoms with van der Waals surface area (Å²) in [5, 5.41) is 1.98. The van der Waals surface area contributed by atoms with Crippen LogP contribution in [0.25, 0.3) is 0 Å². The van der Waals surface area contributed by atoms with Crippen molar-refractivity contribution in [2.45, 2.75) is 13.5 Å². The summed E-state index contributed by atoms with van der Waals surface area (Å²) in [6.07, 6.45) is 0. The second-order valence-corrected chi connectivity index (χ2v) is 2.26. The molecule has 1 aromatic rings. The lowest BCUT2D eigenvalue weighted by Gasteiger charge is -1.86. The van der Waals surface area contributed by atoms with Gasteiger partial charge in [-0.25, -0.2) is 0 Å². The fraction of sp³-hybridized carbons (Fsp3) is 0.400. The summed E-state index contributed by atoms with van der Waals surface area (Å²) in [4.78, 5) is 0. The molecule has 5 heteroatoms. The zero-order valence-electron chi connectivity index (χ0n) is 5.53. The Kier molecular flexibility index (Phi) is 7.58. The molecular formula is C5H10Cl2N2S. The summed E-state index contributed by atoms with van der Waals surface area (Å²) in [7, 11) is 0. The Hall–Kier alpha value is 0.170. The monoisotopic (exact) mass is 200 g/mol. The van der Waals surface area contributed by atoms with Crippen LogP contribution in [-0.2, 0) is 6.54 Å². The van der Waals surface area contributed by atoms with Crippen molar-refractivity contribution in [3.63, 3.8) is 0 Å². The molecular weight excluding hydrogens is 191 g/mol. The van der Waals surface area contributed by atoms with E-state index in [0.717, 1.165) is 11.3 Å². The van der Waals surface area contributed by atoms with Crippen LogP contribution in [0.4, 0.5) is 0 Å². The molecule has 0 amide bonds. The van der Waals surface area contributed by atoms with E-state index in [-0.39, 0.29) is 24.8 Å². The van der Waals surface area contributed by atoms with E-state index in [1.165, 1.54) is 11.5 Å². The number of hydrogen-bond donors (Lipinski definition) is 1. The predicted octanol–water partition coefficient (Wildman–Crippen LogP) is 1.75. The zero-order chi connectivity index (χ0) is 5.98. The molecule has 0 aliphatic carbocycles. The van der Waals surface area contributed by atoms with Gasteiger partial charge in [-0.15, -0.1) is 24.8 Å². The molecule has 0 aliphatic heterocycles. The third-order valence-electron chi connectivity index (χ3n) is 1.07. The van der Waals surface area contributed by atoms with Gasteiger partial charge >= 0.3 is 0 Å². The zero-order valence-corrected chi connectivity index (χ0v) is 7.98. The minimum Gasteiger partial charge on any atom is -0.326 e. The van der Waals surface area contributed by atoms with Crippen molar-refractivity contribution >= 4 is 36.3 Å². The normalized spacial score (nSPS) is 7.80. The molecule has 0 unspecified atom stereocenters. The maximum Gasteiger partial charge on any atom is 0.0556 e. The third kappa shape index (κ3) is 2.84. The molecule has 10 heavy (non-hydrogen) atoms. The van der Waals surface area contributed by atoms with Gasteiger partial charge in [0.1, 0.15) is 0 Å². The Morgan fingerprint density at radius 2 is 2.20 bits per heavy atom. The lowest BCUT2D eigenvalue weighted by Crippen LogP contribution is -1.95. The van der Waals surface area contributed by atoms with Gasteiger partial charge in [0.2, 0.25) is 0 Å². The highest BCUT2D eigenvalue weighted by Gasteiger charge is 1.94. The van der Waals surface area contributed by atoms with E-state index in [9.17, 15) is 0 Å². The van der Waals surface area contributed by atoms with E-state index in [4.69, 9.17) is 5.73 Å². The third-order valence-corrected chi connectivity index (χ3v) is 1.84. The van der Waals surface area contributed by atoms with E-state index in [0.29, 0.717) is 6.54 Å². The van der Waals surface area contributed by atoms with Gasteiger partial charge in [0.05, 0.1) is 5.69 Å². The molecule has 1 rings (SSSR count). The molecule has 2 N–H and O–H groups in total.